The van der Waals surface area contributed by atoms with Crippen molar-refractivity contribution >= 4 is 18.5 Å². The Kier molecular flexibility index (Phi) is 7.17. The average Bonchev–Trinajstić information content (AvgIpc) is 2.19. The zero-order valence-corrected chi connectivity index (χ0v) is 9.22. The first-order chi connectivity index (χ1) is 6.36. The minimum absolute atomic E-state index is 0. The Morgan fingerprint density at radius 2 is 1.79 bits per heavy atom. The maximum absolute atomic E-state index is 5.43. The molecule has 2 N–H and O–H groups in total. The Hall–Kier alpha value is -0.790. The molecule has 0 bridgehead atoms. The molecule has 0 unspecified atom stereocenters. The number of halogens is 1. The molecule has 1 nitrogen and oxygen atoms in total. The van der Waals surface area contributed by atoms with Gasteiger partial charge < -0.3 is 5.73 Å². The zero-order valence-electron chi connectivity index (χ0n) is 8.41. The Morgan fingerprint density at radius 1 is 1.14 bits per heavy atom. The van der Waals surface area contributed by atoms with Gasteiger partial charge in [0.25, 0.3) is 0 Å². The monoisotopic (exact) mass is 211 g/mol. The van der Waals surface area contributed by atoms with E-state index >= 15 is 0 Å². The molecule has 0 aliphatic rings. The molecule has 0 saturated carbocycles. The predicted octanol–water partition coefficient (Wildman–Crippen LogP) is 3.03. The van der Waals surface area contributed by atoms with Gasteiger partial charge in [-0.25, -0.2) is 0 Å². The van der Waals surface area contributed by atoms with E-state index in [1.54, 1.807) is 0 Å². The predicted molar refractivity (Wildman–Crippen MR) is 65.8 cm³/mol. The highest BCUT2D eigenvalue weighted by Gasteiger charge is 1.92. The van der Waals surface area contributed by atoms with Crippen molar-refractivity contribution < 1.29 is 0 Å². The van der Waals surface area contributed by atoms with Crippen LogP contribution in [0.25, 0.3) is 6.08 Å². The second-order valence-electron chi connectivity index (χ2n) is 3.19. The molecule has 2 heteroatoms. The molecule has 0 aromatic heterocycles. The Bertz CT molecular complexity index is 254. The lowest BCUT2D eigenvalue weighted by molar-refractivity contribution is 0.745. The van der Waals surface area contributed by atoms with Gasteiger partial charge in [-0.2, -0.15) is 0 Å². The lowest BCUT2D eigenvalue weighted by Gasteiger charge is -2.00. The van der Waals surface area contributed by atoms with Crippen molar-refractivity contribution in [2.24, 2.45) is 5.73 Å². The van der Waals surface area contributed by atoms with E-state index in [1.165, 1.54) is 17.5 Å². The van der Waals surface area contributed by atoms with Crippen LogP contribution in [0, 0.1) is 0 Å². The Balaban J connectivity index is 0.00000169. The molecule has 78 valence electrons. The summed E-state index contributed by atoms with van der Waals surface area (Å²) in [5.74, 6) is 0. The van der Waals surface area contributed by atoms with Crippen LogP contribution in [-0.2, 0) is 6.42 Å². The minimum atomic E-state index is 0. The van der Waals surface area contributed by atoms with E-state index in [9.17, 15) is 0 Å². The van der Waals surface area contributed by atoms with E-state index in [0.717, 1.165) is 19.4 Å². The molecule has 0 fully saturated rings. The zero-order chi connectivity index (χ0) is 9.52. The fraction of sp³-hybridized carbons (Fsp3) is 0.333. The van der Waals surface area contributed by atoms with Crippen LogP contribution in [0.5, 0.6) is 0 Å². The molecule has 0 aliphatic carbocycles. The fourth-order valence-corrected chi connectivity index (χ4v) is 1.29. The topological polar surface area (TPSA) is 26.0 Å². The normalized spacial score (nSPS) is 9.21. The SMILES string of the molecule is C=Cc1ccc(CCCCN)cc1.Cl. The number of benzene rings is 1. The summed E-state index contributed by atoms with van der Waals surface area (Å²) in [6.07, 6.45) is 5.30. The Morgan fingerprint density at radius 3 is 2.29 bits per heavy atom. The minimum Gasteiger partial charge on any atom is -0.330 e. The first kappa shape index (κ1) is 13.2. The molecule has 0 atom stereocenters. The smallest absolute Gasteiger partial charge is 0.00772 e. The average molecular weight is 212 g/mol. The maximum Gasteiger partial charge on any atom is -0.00772 e. The number of nitrogens with two attached hydrogens (primary N) is 1. The van der Waals surface area contributed by atoms with Gasteiger partial charge in [-0.05, 0) is 36.9 Å². The maximum atomic E-state index is 5.43. The number of unbranched alkanes of at least 4 members (excludes halogenated alkanes) is 1. The van der Waals surface area contributed by atoms with Crippen molar-refractivity contribution in [1.82, 2.24) is 0 Å². The molecule has 0 spiro atoms. The molecule has 0 heterocycles. The number of hydrogen-bond acceptors (Lipinski definition) is 1. The molecule has 0 radical (unpaired) electrons. The summed E-state index contributed by atoms with van der Waals surface area (Å²) in [5, 5.41) is 0. The molecular formula is C12H18ClN. The highest BCUT2D eigenvalue weighted by atomic mass is 35.5. The van der Waals surface area contributed by atoms with Crippen LogP contribution in [0.3, 0.4) is 0 Å². The highest BCUT2D eigenvalue weighted by Crippen LogP contribution is 2.08. The van der Waals surface area contributed by atoms with Crippen molar-refractivity contribution in [3.8, 4) is 0 Å². The highest BCUT2D eigenvalue weighted by molar-refractivity contribution is 5.85. The molecule has 1 aromatic carbocycles. The van der Waals surface area contributed by atoms with Crippen molar-refractivity contribution in [2.75, 3.05) is 6.54 Å². The number of rotatable bonds is 5. The van der Waals surface area contributed by atoms with Crippen molar-refractivity contribution in [3.63, 3.8) is 0 Å². The lowest BCUT2D eigenvalue weighted by Crippen LogP contribution is -1.98. The van der Waals surface area contributed by atoms with Gasteiger partial charge >= 0.3 is 0 Å². The summed E-state index contributed by atoms with van der Waals surface area (Å²) in [6, 6.07) is 8.52. The molecule has 0 aliphatic heterocycles. The first-order valence-corrected chi connectivity index (χ1v) is 4.78. The molecule has 1 aromatic rings. The molecule has 0 amide bonds. The van der Waals surface area contributed by atoms with E-state index < -0.39 is 0 Å². The second-order valence-corrected chi connectivity index (χ2v) is 3.19. The van der Waals surface area contributed by atoms with Gasteiger partial charge in [0.15, 0.2) is 0 Å². The third kappa shape index (κ3) is 4.45. The molecule has 1 rings (SSSR count). The van der Waals surface area contributed by atoms with E-state index in [4.69, 9.17) is 5.73 Å². The van der Waals surface area contributed by atoms with E-state index in [-0.39, 0.29) is 12.4 Å². The van der Waals surface area contributed by atoms with E-state index in [0.29, 0.717) is 0 Å². The summed E-state index contributed by atoms with van der Waals surface area (Å²) in [6.45, 7) is 4.52. The van der Waals surface area contributed by atoms with Crippen molar-refractivity contribution in [3.05, 3.63) is 42.0 Å². The van der Waals surface area contributed by atoms with Gasteiger partial charge in [0.1, 0.15) is 0 Å². The second kappa shape index (κ2) is 7.60. The first-order valence-electron chi connectivity index (χ1n) is 4.78. The molecule has 14 heavy (non-hydrogen) atoms. The van der Waals surface area contributed by atoms with Gasteiger partial charge in [0, 0.05) is 0 Å². The standard InChI is InChI=1S/C12H17N.ClH/c1-2-11-6-8-12(9-7-11)5-3-4-10-13;/h2,6-9H,1,3-5,10,13H2;1H. The Labute approximate surface area is 92.4 Å². The van der Waals surface area contributed by atoms with Gasteiger partial charge in [0.05, 0.1) is 0 Å². The van der Waals surface area contributed by atoms with Crippen LogP contribution in [-0.4, -0.2) is 6.54 Å². The summed E-state index contributed by atoms with van der Waals surface area (Å²) in [7, 11) is 0. The number of aryl methyl sites for hydroxylation is 1. The van der Waals surface area contributed by atoms with Crippen LogP contribution in [0.2, 0.25) is 0 Å². The van der Waals surface area contributed by atoms with E-state index in [1.807, 2.05) is 6.08 Å². The van der Waals surface area contributed by atoms with Crippen LogP contribution >= 0.6 is 12.4 Å². The lowest BCUT2D eigenvalue weighted by atomic mass is 10.1. The van der Waals surface area contributed by atoms with Gasteiger partial charge in [-0.3, -0.25) is 0 Å². The fourth-order valence-electron chi connectivity index (χ4n) is 1.29. The van der Waals surface area contributed by atoms with Crippen LogP contribution in [0.1, 0.15) is 24.0 Å². The molecular weight excluding hydrogens is 194 g/mol. The van der Waals surface area contributed by atoms with Crippen LogP contribution in [0.4, 0.5) is 0 Å². The van der Waals surface area contributed by atoms with Gasteiger partial charge in [0.2, 0.25) is 0 Å². The summed E-state index contributed by atoms with van der Waals surface area (Å²) >= 11 is 0. The van der Waals surface area contributed by atoms with Crippen molar-refractivity contribution in [1.29, 1.82) is 0 Å². The van der Waals surface area contributed by atoms with Crippen LogP contribution < -0.4 is 5.73 Å². The third-order valence-corrected chi connectivity index (χ3v) is 2.13. The van der Waals surface area contributed by atoms with Crippen molar-refractivity contribution in [2.45, 2.75) is 19.3 Å². The third-order valence-electron chi connectivity index (χ3n) is 2.13. The summed E-state index contributed by atoms with van der Waals surface area (Å²) < 4.78 is 0. The van der Waals surface area contributed by atoms with Gasteiger partial charge in [-0.1, -0.05) is 36.9 Å². The molecule has 0 saturated heterocycles. The van der Waals surface area contributed by atoms with E-state index in [2.05, 4.69) is 30.8 Å². The summed E-state index contributed by atoms with van der Waals surface area (Å²) in [4.78, 5) is 0. The largest absolute Gasteiger partial charge is 0.330 e. The quantitative estimate of drug-likeness (QED) is 0.745. The summed E-state index contributed by atoms with van der Waals surface area (Å²) in [5.41, 5.74) is 8.00. The number of hydrogen-bond donors (Lipinski definition) is 1. The van der Waals surface area contributed by atoms with Crippen LogP contribution in [0.15, 0.2) is 30.8 Å². The van der Waals surface area contributed by atoms with Gasteiger partial charge in [-0.15, -0.1) is 12.4 Å².